The fourth-order valence-corrected chi connectivity index (χ4v) is 5.50. The van der Waals surface area contributed by atoms with Crippen LogP contribution in [-0.4, -0.2) is 34.2 Å². The molecule has 0 aromatic heterocycles. The molecule has 0 spiro atoms. The fraction of sp³-hybridized carbons (Fsp3) is 0.314. The first-order chi connectivity index (χ1) is 18.3. The molecule has 0 aliphatic rings. The maximum atomic E-state index is 10.8. The zero-order chi connectivity index (χ0) is 27.1. The van der Waals surface area contributed by atoms with E-state index in [4.69, 9.17) is 0 Å². The molecule has 0 radical (unpaired) electrons. The first-order valence-electron chi connectivity index (χ1n) is 13.8. The van der Waals surface area contributed by atoms with Crippen LogP contribution in [0.1, 0.15) is 71.9 Å². The van der Waals surface area contributed by atoms with Crippen molar-refractivity contribution in [1.29, 1.82) is 0 Å². The van der Waals surface area contributed by atoms with E-state index in [2.05, 4.69) is 93.3 Å². The summed E-state index contributed by atoms with van der Waals surface area (Å²) in [6, 6.07) is 33.2. The van der Waals surface area contributed by atoms with Gasteiger partial charge in [0.05, 0.1) is 0 Å². The van der Waals surface area contributed by atoms with Crippen LogP contribution in [0.15, 0.2) is 97.1 Å². The molecule has 0 fully saturated rings. The highest BCUT2D eigenvalue weighted by molar-refractivity contribution is 5.44. The highest BCUT2D eigenvalue weighted by Gasteiger charge is 2.23. The molecule has 0 amide bonds. The van der Waals surface area contributed by atoms with Gasteiger partial charge in [-0.15, -0.1) is 0 Å². The van der Waals surface area contributed by atoms with Crippen molar-refractivity contribution >= 4 is 0 Å². The first-order valence-corrected chi connectivity index (χ1v) is 13.8. The molecule has 3 heteroatoms. The van der Waals surface area contributed by atoms with E-state index in [0.29, 0.717) is 17.5 Å². The molecular formula is C35H41NO2. The molecule has 0 saturated heterocycles. The number of hydrogen-bond donors (Lipinski definition) is 2. The third-order valence-electron chi connectivity index (χ3n) is 7.66. The molecule has 0 aliphatic heterocycles. The van der Waals surface area contributed by atoms with Crippen LogP contribution in [0.2, 0.25) is 0 Å². The van der Waals surface area contributed by atoms with Crippen LogP contribution < -0.4 is 0 Å². The zero-order valence-corrected chi connectivity index (χ0v) is 23.1. The lowest BCUT2D eigenvalue weighted by molar-refractivity contribution is 0.210. The highest BCUT2D eigenvalue weighted by atomic mass is 16.3. The monoisotopic (exact) mass is 507 g/mol. The molecule has 0 unspecified atom stereocenters. The minimum absolute atomic E-state index is 0.114. The van der Waals surface area contributed by atoms with E-state index in [1.165, 1.54) is 11.1 Å². The van der Waals surface area contributed by atoms with Gasteiger partial charge >= 0.3 is 0 Å². The zero-order valence-electron chi connectivity index (χ0n) is 23.1. The molecule has 0 bridgehead atoms. The van der Waals surface area contributed by atoms with Crippen LogP contribution >= 0.6 is 0 Å². The number of nitrogens with zero attached hydrogens (tertiary/aromatic N) is 1. The summed E-state index contributed by atoms with van der Waals surface area (Å²) < 4.78 is 0. The van der Waals surface area contributed by atoms with E-state index in [9.17, 15) is 10.2 Å². The Morgan fingerprint density at radius 2 is 0.974 bits per heavy atom. The second-order valence-electron chi connectivity index (χ2n) is 10.8. The average Bonchev–Trinajstić information content (AvgIpc) is 2.92. The topological polar surface area (TPSA) is 43.7 Å². The third-order valence-corrected chi connectivity index (χ3v) is 7.66. The van der Waals surface area contributed by atoms with E-state index in [1.54, 1.807) is 0 Å². The highest BCUT2D eigenvalue weighted by Crippen LogP contribution is 2.37. The number of phenolic OH excluding ortho intramolecular Hbond substituents is 2. The summed E-state index contributed by atoms with van der Waals surface area (Å²) in [5.41, 5.74) is 6.75. The Bertz CT molecular complexity index is 1200. The third kappa shape index (κ3) is 6.85. The molecule has 4 aromatic rings. The van der Waals surface area contributed by atoms with Gasteiger partial charge in [-0.3, -0.25) is 0 Å². The minimum atomic E-state index is 0.114. The van der Waals surface area contributed by atoms with E-state index in [-0.39, 0.29) is 11.8 Å². The van der Waals surface area contributed by atoms with Gasteiger partial charge in [0, 0.05) is 29.0 Å². The van der Waals surface area contributed by atoms with Gasteiger partial charge in [-0.1, -0.05) is 96.1 Å². The molecule has 0 saturated carbocycles. The Morgan fingerprint density at radius 3 is 1.34 bits per heavy atom. The van der Waals surface area contributed by atoms with Crippen LogP contribution in [0, 0.1) is 13.8 Å². The molecule has 4 aromatic carbocycles. The number of phenols is 2. The van der Waals surface area contributed by atoms with Gasteiger partial charge in [0.25, 0.3) is 0 Å². The summed E-state index contributed by atoms with van der Waals surface area (Å²) in [7, 11) is 0. The van der Waals surface area contributed by atoms with Crippen molar-refractivity contribution in [3.05, 3.63) is 130 Å². The molecular weight excluding hydrogens is 466 g/mol. The summed E-state index contributed by atoms with van der Waals surface area (Å²) in [5, 5.41) is 21.6. The van der Waals surface area contributed by atoms with Gasteiger partial charge in [0.2, 0.25) is 0 Å². The van der Waals surface area contributed by atoms with Crippen molar-refractivity contribution in [1.82, 2.24) is 4.90 Å². The van der Waals surface area contributed by atoms with Gasteiger partial charge in [0.15, 0.2) is 0 Å². The Morgan fingerprint density at radius 1 is 0.579 bits per heavy atom. The average molecular weight is 508 g/mol. The van der Waals surface area contributed by atoms with Crippen molar-refractivity contribution in [2.75, 3.05) is 13.1 Å². The molecule has 0 aliphatic carbocycles. The van der Waals surface area contributed by atoms with Crippen LogP contribution in [0.3, 0.4) is 0 Å². The molecule has 2 atom stereocenters. The van der Waals surface area contributed by atoms with Crippen LogP contribution in [0.4, 0.5) is 0 Å². The van der Waals surface area contributed by atoms with Crippen molar-refractivity contribution < 1.29 is 10.2 Å². The first kappa shape index (κ1) is 27.5. The van der Waals surface area contributed by atoms with Gasteiger partial charge in [-0.05, 0) is 76.9 Å². The Hall–Kier alpha value is -3.56. The predicted molar refractivity (Wildman–Crippen MR) is 158 cm³/mol. The van der Waals surface area contributed by atoms with Crippen LogP contribution in [0.5, 0.6) is 11.5 Å². The lowest BCUT2D eigenvalue weighted by Crippen LogP contribution is -2.34. The van der Waals surface area contributed by atoms with Crippen molar-refractivity contribution in [3.8, 4) is 11.5 Å². The number of hydrogen-bond acceptors (Lipinski definition) is 3. The Labute approximate surface area is 228 Å². The molecule has 4 rings (SSSR count). The minimum Gasteiger partial charge on any atom is -0.508 e. The fourth-order valence-electron chi connectivity index (χ4n) is 5.50. The summed E-state index contributed by atoms with van der Waals surface area (Å²) in [6.45, 7) is 10.5. The standard InChI is InChI=1S/C35H41NO2/c1-25(2)36(21-19-30(28-11-7-5-8-12-28)32-23-26(3)15-17-34(32)37)22-20-31(29-13-9-6-10-14-29)33-24-27(4)16-18-35(33)38/h5-18,23-25,30-31,37-38H,19-22H2,1-4H3/t30-,31-/m1/s1. The second kappa shape index (κ2) is 12.8. The smallest absolute Gasteiger partial charge is 0.119 e. The van der Waals surface area contributed by atoms with Crippen molar-refractivity contribution in [2.24, 2.45) is 0 Å². The summed E-state index contributed by atoms with van der Waals surface area (Å²) in [6.07, 6.45) is 1.82. The molecule has 0 heterocycles. The number of aryl methyl sites for hydroxylation is 2. The van der Waals surface area contributed by atoms with Gasteiger partial charge in [-0.2, -0.15) is 0 Å². The molecule has 3 nitrogen and oxygen atoms in total. The molecule has 2 N–H and O–H groups in total. The van der Waals surface area contributed by atoms with Gasteiger partial charge < -0.3 is 15.1 Å². The van der Waals surface area contributed by atoms with E-state index in [0.717, 1.165) is 48.2 Å². The van der Waals surface area contributed by atoms with E-state index < -0.39 is 0 Å². The number of rotatable bonds is 11. The second-order valence-corrected chi connectivity index (χ2v) is 10.8. The van der Waals surface area contributed by atoms with Crippen molar-refractivity contribution in [2.45, 2.75) is 58.4 Å². The van der Waals surface area contributed by atoms with E-state index in [1.807, 2.05) is 36.4 Å². The van der Waals surface area contributed by atoms with Crippen LogP contribution in [0.25, 0.3) is 0 Å². The van der Waals surface area contributed by atoms with E-state index >= 15 is 0 Å². The van der Waals surface area contributed by atoms with Gasteiger partial charge in [-0.25, -0.2) is 0 Å². The predicted octanol–water partition coefficient (Wildman–Crippen LogP) is 8.17. The normalized spacial score (nSPS) is 13.1. The quantitative estimate of drug-likeness (QED) is 0.215. The summed E-state index contributed by atoms with van der Waals surface area (Å²) in [5.74, 6) is 0.949. The van der Waals surface area contributed by atoms with Crippen molar-refractivity contribution in [3.63, 3.8) is 0 Å². The molecule has 38 heavy (non-hydrogen) atoms. The Kier molecular flexibility index (Phi) is 9.25. The van der Waals surface area contributed by atoms with Crippen LogP contribution in [-0.2, 0) is 0 Å². The number of benzene rings is 4. The largest absolute Gasteiger partial charge is 0.508 e. The Balaban J connectivity index is 1.57. The van der Waals surface area contributed by atoms with Gasteiger partial charge in [0.1, 0.15) is 11.5 Å². The lowest BCUT2D eigenvalue weighted by atomic mass is 9.86. The molecule has 198 valence electrons. The summed E-state index contributed by atoms with van der Waals surface area (Å²) >= 11 is 0. The number of aromatic hydroxyl groups is 2. The lowest BCUT2D eigenvalue weighted by Gasteiger charge is -2.31. The maximum absolute atomic E-state index is 10.8. The summed E-state index contributed by atoms with van der Waals surface area (Å²) in [4.78, 5) is 2.53. The SMILES string of the molecule is Cc1ccc(O)c([C@H](CCN(CC[C@H](c2ccccc2)c2cc(C)ccc2O)C(C)C)c2ccccc2)c1. The maximum Gasteiger partial charge on any atom is 0.119 e.